The lowest BCUT2D eigenvalue weighted by Crippen LogP contribution is -1.98. The highest BCUT2D eigenvalue weighted by atomic mass is 16.5. The van der Waals surface area contributed by atoms with Crippen molar-refractivity contribution in [3.63, 3.8) is 0 Å². The number of rotatable bonds is 5. The highest BCUT2D eigenvalue weighted by molar-refractivity contribution is 5.75. The van der Waals surface area contributed by atoms with Crippen LogP contribution >= 0.6 is 0 Å². The molecule has 0 N–H and O–H groups in total. The van der Waals surface area contributed by atoms with Crippen molar-refractivity contribution in [1.29, 1.82) is 0 Å². The van der Waals surface area contributed by atoms with E-state index in [4.69, 9.17) is 19.4 Å². The van der Waals surface area contributed by atoms with Crippen molar-refractivity contribution < 1.29 is 9.47 Å². The Morgan fingerprint density at radius 2 is 1.50 bits per heavy atom. The molecule has 4 aromatic rings. The van der Waals surface area contributed by atoms with Crippen molar-refractivity contribution in [2.75, 3.05) is 14.2 Å². The molecule has 4 rings (SSSR count). The lowest BCUT2D eigenvalue weighted by molar-refractivity contribution is 0.395. The van der Waals surface area contributed by atoms with Gasteiger partial charge >= 0.3 is 0 Å². The van der Waals surface area contributed by atoms with Crippen LogP contribution in [-0.4, -0.2) is 29.2 Å². The molecule has 2 aromatic heterocycles. The lowest BCUT2D eigenvalue weighted by atomic mass is 10.1. The standard InChI is InChI=1S/C23H19N3O2/c1-27-18-10-11-19(22(13-18)28-2)21-14-20(17-9-6-12-24-15-17)25-23(26-21)16-7-4-3-5-8-16/h3-15H,1-2H3. The number of hydrogen-bond acceptors (Lipinski definition) is 5. The van der Waals surface area contributed by atoms with Gasteiger partial charge in [-0.3, -0.25) is 4.98 Å². The molecule has 28 heavy (non-hydrogen) atoms. The van der Waals surface area contributed by atoms with Gasteiger partial charge in [0, 0.05) is 35.2 Å². The average molecular weight is 369 g/mol. The molecule has 2 heterocycles. The van der Waals surface area contributed by atoms with Crippen LogP contribution in [0.15, 0.2) is 79.1 Å². The Hall–Kier alpha value is -3.73. The van der Waals surface area contributed by atoms with Gasteiger partial charge in [0.05, 0.1) is 25.6 Å². The van der Waals surface area contributed by atoms with E-state index in [0.29, 0.717) is 11.6 Å². The first-order chi connectivity index (χ1) is 13.8. The van der Waals surface area contributed by atoms with E-state index in [1.807, 2.05) is 66.7 Å². The molecule has 5 heteroatoms. The van der Waals surface area contributed by atoms with Gasteiger partial charge in [-0.15, -0.1) is 0 Å². The normalized spacial score (nSPS) is 10.5. The summed E-state index contributed by atoms with van der Waals surface area (Å²) in [6.45, 7) is 0. The molecule has 0 atom stereocenters. The minimum atomic E-state index is 0.648. The van der Waals surface area contributed by atoms with Crippen molar-refractivity contribution in [2.24, 2.45) is 0 Å². The second-order valence-corrected chi connectivity index (χ2v) is 6.14. The van der Waals surface area contributed by atoms with Crippen LogP contribution in [0.3, 0.4) is 0 Å². The van der Waals surface area contributed by atoms with E-state index >= 15 is 0 Å². The van der Waals surface area contributed by atoms with Crippen LogP contribution in [0.5, 0.6) is 11.5 Å². The fraction of sp³-hybridized carbons (Fsp3) is 0.0870. The lowest BCUT2D eigenvalue weighted by Gasteiger charge is -2.12. The van der Waals surface area contributed by atoms with Crippen molar-refractivity contribution in [2.45, 2.75) is 0 Å². The van der Waals surface area contributed by atoms with Crippen LogP contribution in [-0.2, 0) is 0 Å². The number of ether oxygens (including phenoxy) is 2. The molecule has 0 fully saturated rings. The van der Waals surface area contributed by atoms with Crippen LogP contribution in [0.4, 0.5) is 0 Å². The molecule has 0 aliphatic carbocycles. The second-order valence-electron chi connectivity index (χ2n) is 6.14. The summed E-state index contributed by atoms with van der Waals surface area (Å²) in [5.74, 6) is 2.06. The van der Waals surface area contributed by atoms with Crippen LogP contribution in [0.25, 0.3) is 33.9 Å². The van der Waals surface area contributed by atoms with Gasteiger partial charge in [-0.25, -0.2) is 9.97 Å². The molecule has 0 radical (unpaired) electrons. The van der Waals surface area contributed by atoms with Crippen LogP contribution < -0.4 is 9.47 Å². The third kappa shape index (κ3) is 3.55. The molecule has 0 aliphatic heterocycles. The largest absolute Gasteiger partial charge is 0.497 e. The average Bonchev–Trinajstić information content (AvgIpc) is 2.79. The second kappa shape index (κ2) is 7.88. The third-order valence-electron chi connectivity index (χ3n) is 4.40. The fourth-order valence-electron chi connectivity index (χ4n) is 2.97. The summed E-state index contributed by atoms with van der Waals surface area (Å²) in [7, 11) is 3.27. The van der Waals surface area contributed by atoms with Gasteiger partial charge in [0.15, 0.2) is 5.82 Å². The number of hydrogen-bond donors (Lipinski definition) is 0. The first-order valence-corrected chi connectivity index (χ1v) is 8.86. The van der Waals surface area contributed by atoms with Crippen LogP contribution in [0, 0.1) is 0 Å². The molecule has 5 nitrogen and oxygen atoms in total. The van der Waals surface area contributed by atoms with Gasteiger partial charge in [0.2, 0.25) is 0 Å². The molecular formula is C23H19N3O2. The predicted molar refractivity (Wildman–Crippen MR) is 109 cm³/mol. The summed E-state index contributed by atoms with van der Waals surface area (Å²) in [4.78, 5) is 13.8. The molecule has 138 valence electrons. The van der Waals surface area contributed by atoms with Crippen molar-refractivity contribution in [1.82, 2.24) is 15.0 Å². The number of methoxy groups -OCH3 is 2. The Bertz CT molecular complexity index is 1030. The topological polar surface area (TPSA) is 57.1 Å². The Morgan fingerprint density at radius 1 is 0.714 bits per heavy atom. The number of pyridine rings is 1. The molecule has 0 saturated heterocycles. The van der Waals surface area contributed by atoms with Crippen molar-refractivity contribution in [3.8, 4) is 45.4 Å². The van der Waals surface area contributed by atoms with Gasteiger partial charge < -0.3 is 9.47 Å². The minimum absolute atomic E-state index is 0.648. The molecule has 0 amide bonds. The van der Waals surface area contributed by atoms with Crippen molar-refractivity contribution in [3.05, 3.63) is 79.1 Å². The highest BCUT2D eigenvalue weighted by Gasteiger charge is 2.14. The van der Waals surface area contributed by atoms with E-state index in [1.54, 1.807) is 26.6 Å². The zero-order valence-electron chi connectivity index (χ0n) is 15.7. The van der Waals surface area contributed by atoms with E-state index in [1.165, 1.54) is 0 Å². The van der Waals surface area contributed by atoms with Gasteiger partial charge in [-0.1, -0.05) is 30.3 Å². The summed E-state index contributed by atoms with van der Waals surface area (Å²) in [6.07, 6.45) is 3.54. The van der Waals surface area contributed by atoms with E-state index in [2.05, 4.69) is 4.98 Å². The Morgan fingerprint density at radius 3 is 2.21 bits per heavy atom. The Labute approximate surface area is 163 Å². The Balaban J connectivity index is 1.92. The summed E-state index contributed by atoms with van der Waals surface area (Å²) in [5, 5.41) is 0. The van der Waals surface area contributed by atoms with Gasteiger partial charge in [0.1, 0.15) is 11.5 Å². The monoisotopic (exact) mass is 369 g/mol. The third-order valence-corrected chi connectivity index (χ3v) is 4.40. The zero-order chi connectivity index (χ0) is 19.3. The maximum atomic E-state index is 5.58. The maximum Gasteiger partial charge on any atom is 0.160 e. The van der Waals surface area contributed by atoms with Crippen molar-refractivity contribution >= 4 is 0 Å². The number of nitrogens with zero attached hydrogens (tertiary/aromatic N) is 3. The van der Waals surface area contributed by atoms with Crippen LogP contribution in [0.1, 0.15) is 0 Å². The fourth-order valence-corrected chi connectivity index (χ4v) is 2.97. The van der Waals surface area contributed by atoms with E-state index in [0.717, 1.165) is 33.8 Å². The maximum absolute atomic E-state index is 5.58. The molecule has 0 bridgehead atoms. The molecule has 0 spiro atoms. The number of aromatic nitrogens is 3. The van der Waals surface area contributed by atoms with Crippen LogP contribution in [0.2, 0.25) is 0 Å². The Kier molecular flexibility index (Phi) is 4.97. The first-order valence-electron chi connectivity index (χ1n) is 8.86. The van der Waals surface area contributed by atoms with E-state index in [-0.39, 0.29) is 0 Å². The first kappa shape index (κ1) is 17.7. The number of benzene rings is 2. The highest BCUT2D eigenvalue weighted by Crippen LogP contribution is 2.34. The van der Waals surface area contributed by atoms with E-state index in [9.17, 15) is 0 Å². The van der Waals surface area contributed by atoms with E-state index < -0.39 is 0 Å². The van der Waals surface area contributed by atoms with Gasteiger partial charge in [0.25, 0.3) is 0 Å². The SMILES string of the molecule is COc1ccc(-c2cc(-c3cccnc3)nc(-c3ccccc3)n2)c(OC)c1. The molecule has 2 aromatic carbocycles. The summed E-state index contributed by atoms with van der Waals surface area (Å²) in [5.41, 5.74) is 4.31. The molecule has 0 saturated carbocycles. The molecule has 0 unspecified atom stereocenters. The predicted octanol–water partition coefficient (Wildman–Crippen LogP) is 4.89. The quantitative estimate of drug-likeness (QED) is 0.501. The summed E-state index contributed by atoms with van der Waals surface area (Å²) >= 11 is 0. The smallest absolute Gasteiger partial charge is 0.160 e. The van der Waals surface area contributed by atoms with Gasteiger partial charge in [-0.2, -0.15) is 0 Å². The minimum Gasteiger partial charge on any atom is -0.497 e. The summed E-state index contributed by atoms with van der Waals surface area (Å²) in [6, 6.07) is 21.4. The zero-order valence-corrected chi connectivity index (χ0v) is 15.7. The van der Waals surface area contributed by atoms with Gasteiger partial charge in [-0.05, 0) is 30.3 Å². The molecule has 0 aliphatic rings. The molecular weight excluding hydrogens is 350 g/mol. The summed E-state index contributed by atoms with van der Waals surface area (Å²) < 4.78 is 10.9.